The molecule has 0 aliphatic rings. The lowest BCUT2D eigenvalue weighted by Crippen LogP contribution is -2.46. The van der Waals surface area contributed by atoms with Crippen molar-refractivity contribution in [3.63, 3.8) is 0 Å². The zero-order chi connectivity index (χ0) is 27.3. The molecule has 4 rings (SSSR count). The maximum Gasteiger partial charge on any atom is 0.335 e. The minimum absolute atomic E-state index is 0.193. The van der Waals surface area contributed by atoms with Gasteiger partial charge in [-0.15, -0.1) is 0 Å². The summed E-state index contributed by atoms with van der Waals surface area (Å²) in [5.41, 5.74) is 5.19. The summed E-state index contributed by atoms with van der Waals surface area (Å²) >= 11 is 0. The van der Waals surface area contributed by atoms with Gasteiger partial charge in [0.25, 0.3) is 0 Å². The predicted molar refractivity (Wildman–Crippen MR) is 154 cm³/mol. The number of benzene rings is 4. The van der Waals surface area contributed by atoms with E-state index in [1.807, 2.05) is 44.2 Å². The number of aromatic carboxylic acids is 1. The summed E-state index contributed by atoms with van der Waals surface area (Å²) in [5, 5.41) is 25.9. The van der Waals surface area contributed by atoms with Crippen LogP contribution >= 0.6 is 0 Å². The third kappa shape index (κ3) is 6.87. The molecular weight excluding hydrogens is 474 g/mol. The van der Waals surface area contributed by atoms with Crippen molar-refractivity contribution in [3.8, 4) is 11.1 Å². The highest BCUT2D eigenvalue weighted by molar-refractivity contribution is 5.89. The molecule has 0 aliphatic heterocycles. The Balaban J connectivity index is 1.34. The maximum absolute atomic E-state index is 11.3. The highest BCUT2D eigenvalue weighted by atomic mass is 16.5. The number of rotatable bonds is 11. The van der Waals surface area contributed by atoms with Crippen LogP contribution in [0.3, 0.4) is 0 Å². The topological polar surface area (TPSA) is 78.8 Å². The highest BCUT2D eigenvalue weighted by Gasteiger charge is 2.21. The lowest BCUT2D eigenvalue weighted by Gasteiger charge is -2.28. The first-order chi connectivity index (χ1) is 18.1. The lowest BCUT2D eigenvalue weighted by molar-refractivity contribution is -0.00397. The third-order valence-corrected chi connectivity index (χ3v) is 6.98. The molecule has 2 atom stereocenters. The molecule has 0 spiro atoms. The Morgan fingerprint density at radius 2 is 1.63 bits per heavy atom. The molecule has 0 amide bonds. The molecule has 5 heteroatoms. The van der Waals surface area contributed by atoms with Gasteiger partial charge in [0, 0.05) is 12.1 Å². The molecule has 0 aromatic heterocycles. The molecule has 0 heterocycles. The van der Waals surface area contributed by atoms with E-state index in [1.165, 1.54) is 16.3 Å². The second-order valence-electron chi connectivity index (χ2n) is 10.7. The van der Waals surface area contributed by atoms with E-state index >= 15 is 0 Å². The van der Waals surface area contributed by atoms with E-state index in [0.717, 1.165) is 28.7 Å². The number of fused-ring (bicyclic) bond motifs is 1. The van der Waals surface area contributed by atoms with Crippen LogP contribution in [-0.4, -0.2) is 41.0 Å². The first-order valence-corrected chi connectivity index (χ1v) is 13.1. The van der Waals surface area contributed by atoms with Gasteiger partial charge in [-0.2, -0.15) is 0 Å². The zero-order valence-electron chi connectivity index (χ0n) is 22.6. The van der Waals surface area contributed by atoms with Crippen molar-refractivity contribution >= 4 is 16.7 Å². The van der Waals surface area contributed by atoms with E-state index in [4.69, 9.17) is 4.74 Å². The Kier molecular flexibility index (Phi) is 8.62. The Morgan fingerprint density at radius 1 is 0.921 bits per heavy atom. The Bertz CT molecular complexity index is 1410. The maximum atomic E-state index is 11.3. The van der Waals surface area contributed by atoms with Crippen LogP contribution in [0.5, 0.6) is 0 Å². The summed E-state index contributed by atoms with van der Waals surface area (Å²) in [4.78, 5) is 11.3. The van der Waals surface area contributed by atoms with E-state index in [2.05, 4.69) is 61.6 Å². The minimum atomic E-state index is -0.937. The van der Waals surface area contributed by atoms with Gasteiger partial charge < -0.3 is 20.3 Å². The number of aliphatic hydroxyl groups is 1. The molecule has 0 fully saturated rings. The number of hydrogen-bond donors (Lipinski definition) is 3. The number of hydrogen-bond acceptors (Lipinski definition) is 4. The molecule has 0 bridgehead atoms. The fourth-order valence-electron chi connectivity index (χ4n) is 4.92. The molecule has 0 saturated heterocycles. The molecule has 0 radical (unpaired) electrons. The van der Waals surface area contributed by atoms with Crippen molar-refractivity contribution in [1.82, 2.24) is 5.32 Å². The summed E-state index contributed by atoms with van der Waals surface area (Å²) < 4.78 is 6.10. The quantitative estimate of drug-likeness (QED) is 0.212. The van der Waals surface area contributed by atoms with Crippen molar-refractivity contribution in [2.24, 2.45) is 0 Å². The van der Waals surface area contributed by atoms with E-state index in [9.17, 15) is 15.0 Å². The number of carboxylic acid groups (broad SMARTS) is 1. The van der Waals surface area contributed by atoms with Crippen molar-refractivity contribution in [3.05, 3.63) is 107 Å². The molecule has 4 aromatic rings. The monoisotopic (exact) mass is 511 g/mol. The zero-order valence-corrected chi connectivity index (χ0v) is 22.6. The molecule has 0 aliphatic carbocycles. The van der Waals surface area contributed by atoms with Gasteiger partial charge in [0.2, 0.25) is 0 Å². The predicted octanol–water partition coefficient (Wildman–Crippen LogP) is 6.56. The van der Waals surface area contributed by atoms with Crippen LogP contribution in [0.15, 0.2) is 84.9 Å². The smallest absolute Gasteiger partial charge is 0.335 e. The Hall–Kier alpha value is -3.51. The van der Waals surface area contributed by atoms with E-state index in [-0.39, 0.29) is 23.8 Å². The van der Waals surface area contributed by atoms with Gasteiger partial charge >= 0.3 is 5.97 Å². The number of nitrogens with one attached hydrogen (secondary N) is 1. The summed E-state index contributed by atoms with van der Waals surface area (Å²) in [6.07, 6.45) is -0.0584. The van der Waals surface area contributed by atoms with Gasteiger partial charge in [-0.25, -0.2) is 4.79 Å². The molecule has 38 heavy (non-hydrogen) atoms. The normalized spacial score (nSPS) is 13.4. The summed E-state index contributed by atoms with van der Waals surface area (Å²) in [7, 11) is 0. The average Bonchev–Trinajstić information content (AvgIpc) is 2.90. The number of carbonyl (C=O) groups is 1. The van der Waals surface area contributed by atoms with Gasteiger partial charge in [0.15, 0.2) is 0 Å². The largest absolute Gasteiger partial charge is 0.478 e. The highest BCUT2D eigenvalue weighted by Crippen LogP contribution is 2.32. The fourth-order valence-corrected chi connectivity index (χ4v) is 4.92. The first kappa shape index (κ1) is 27.5. The van der Waals surface area contributed by atoms with E-state index in [0.29, 0.717) is 6.54 Å². The number of ether oxygens (including phenoxy) is 1. The van der Waals surface area contributed by atoms with Crippen LogP contribution in [0, 0.1) is 6.92 Å². The second kappa shape index (κ2) is 11.9. The van der Waals surface area contributed by atoms with Crippen LogP contribution in [0.1, 0.15) is 53.9 Å². The van der Waals surface area contributed by atoms with Crippen molar-refractivity contribution < 1.29 is 19.7 Å². The van der Waals surface area contributed by atoms with Gasteiger partial charge in [-0.05, 0) is 84.8 Å². The Labute approximate surface area is 225 Å². The van der Waals surface area contributed by atoms with Crippen LogP contribution in [0.25, 0.3) is 21.9 Å². The van der Waals surface area contributed by atoms with Crippen LogP contribution in [-0.2, 0) is 11.2 Å². The van der Waals surface area contributed by atoms with Gasteiger partial charge in [0.05, 0.1) is 24.4 Å². The van der Waals surface area contributed by atoms with Crippen molar-refractivity contribution in [1.29, 1.82) is 0 Å². The van der Waals surface area contributed by atoms with Gasteiger partial charge in [-0.1, -0.05) is 72.8 Å². The standard InChI is InChI=1S/C33H37NO4/c1-22-17-27(32(36)37)15-16-29(22)31-12-8-7-11-30(31)23(2)38-21-28(35)20-34-33(3,4)19-24-13-14-25-9-5-6-10-26(25)18-24/h5-18,23,28,34-35H,19-21H2,1-4H3,(H,36,37)/t23?,28-/m0/s1. The average molecular weight is 512 g/mol. The molecule has 4 aromatic carbocycles. The van der Waals surface area contributed by atoms with Gasteiger partial charge in [0.1, 0.15) is 0 Å². The third-order valence-electron chi connectivity index (χ3n) is 6.98. The van der Waals surface area contributed by atoms with Gasteiger partial charge in [-0.3, -0.25) is 0 Å². The molecule has 198 valence electrons. The summed E-state index contributed by atoms with van der Waals surface area (Å²) in [6, 6.07) is 28.0. The molecular formula is C33H37NO4. The number of aliphatic hydroxyl groups excluding tert-OH is 1. The molecule has 3 N–H and O–H groups in total. The molecule has 0 saturated carbocycles. The van der Waals surface area contributed by atoms with Crippen LogP contribution < -0.4 is 5.32 Å². The SMILES string of the molecule is Cc1cc(C(=O)O)ccc1-c1ccccc1C(C)OC[C@@H](O)CNC(C)(C)Cc1ccc2ccccc2c1. The number of carboxylic acids is 1. The minimum Gasteiger partial charge on any atom is -0.478 e. The van der Waals surface area contributed by atoms with Crippen molar-refractivity contribution in [2.75, 3.05) is 13.2 Å². The first-order valence-electron chi connectivity index (χ1n) is 13.1. The lowest BCUT2D eigenvalue weighted by atomic mass is 9.92. The van der Waals surface area contributed by atoms with E-state index < -0.39 is 12.1 Å². The second-order valence-corrected chi connectivity index (χ2v) is 10.7. The number of aryl methyl sites for hydroxylation is 1. The van der Waals surface area contributed by atoms with Crippen molar-refractivity contribution in [2.45, 2.75) is 51.9 Å². The number of β-amino-alcohol motifs (C(OH)–C–C–N with tert-alkyl or cyclic N) is 1. The Morgan fingerprint density at radius 3 is 2.37 bits per heavy atom. The molecule has 5 nitrogen and oxygen atoms in total. The van der Waals surface area contributed by atoms with Crippen LogP contribution in [0.4, 0.5) is 0 Å². The molecule has 1 unspecified atom stereocenters. The van der Waals surface area contributed by atoms with E-state index in [1.54, 1.807) is 12.1 Å². The summed E-state index contributed by atoms with van der Waals surface area (Å²) in [5.74, 6) is -0.937. The van der Waals surface area contributed by atoms with Crippen LogP contribution in [0.2, 0.25) is 0 Å². The summed E-state index contributed by atoms with van der Waals surface area (Å²) in [6.45, 7) is 8.80. The fraction of sp³-hybridized carbons (Fsp3) is 0.303.